The molecule has 2 aromatic carbocycles. The maximum absolute atomic E-state index is 12.6. The highest BCUT2D eigenvalue weighted by atomic mass is 16.6. The molecule has 0 radical (unpaired) electrons. The number of nitro benzene ring substituents is 1. The zero-order valence-electron chi connectivity index (χ0n) is 17.0. The summed E-state index contributed by atoms with van der Waals surface area (Å²) < 4.78 is 5.29. The van der Waals surface area contributed by atoms with E-state index < -0.39 is 4.92 Å². The number of quaternary nitrogens is 1. The van der Waals surface area contributed by atoms with Crippen molar-refractivity contribution in [3.8, 4) is 5.75 Å². The number of carbonyl (C=O) groups excluding carboxylic acids is 1. The molecule has 0 unspecified atom stereocenters. The molecule has 2 aromatic rings. The van der Waals surface area contributed by atoms with Crippen LogP contribution in [0.4, 0.5) is 17.1 Å². The molecule has 0 saturated carbocycles. The van der Waals surface area contributed by atoms with Crippen LogP contribution in [0.5, 0.6) is 5.75 Å². The first-order valence-electron chi connectivity index (χ1n) is 9.66. The van der Waals surface area contributed by atoms with Gasteiger partial charge in [-0.3, -0.25) is 14.9 Å². The summed E-state index contributed by atoms with van der Waals surface area (Å²) in [5.41, 5.74) is 2.98. The molecule has 1 amide bonds. The lowest BCUT2D eigenvalue weighted by molar-refractivity contribution is -0.892. The van der Waals surface area contributed by atoms with Gasteiger partial charge in [-0.1, -0.05) is 12.1 Å². The van der Waals surface area contributed by atoms with Crippen molar-refractivity contribution in [1.82, 2.24) is 0 Å². The number of benzene rings is 2. The molecule has 154 valence electrons. The monoisotopic (exact) mass is 399 g/mol. The van der Waals surface area contributed by atoms with Crippen LogP contribution in [0.15, 0.2) is 36.4 Å². The standard InChI is InChI=1S/C21H26N4O4/c1-15-7-8-19(25(27)28)21(16(15)2)22-20(26)14-23-9-11-24(12-10-23)17-5-4-6-18(13-17)29-3/h4-8,13H,9-12,14H2,1-3H3,(H,22,26)/p+1. The fraction of sp³-hybridized carbons (Fsp3) is 0.381. The first-order chi connectivity index (χ1) is 13.9. The third-order valence-corrected chi connectivity index (χ3v) is 5.47. The number of ether oxygens (including phenoxy) is 1. The predicted octanol–water partition coefficient (Wildman–Crippen LogP) is 1.56. The number of piperazine rings is 1. The fourth-order valence-electron chi connectivity index (χ4n) is 3.59. The van der Waals surface area contributed by atoms with E-state index in [9.17, 15) is 14.9 Å². The SMILES string of the molecule is COc1cccc(N2CC[NH+](CC(=O)Nc3c([N+](=O)[O-])ccc(C)c3C)CC2)c1. The van der Waals surface area contributed by atoms with Crippen molar-refractivity contribution in [2.75, 3.05) is 50.1 Å². The third-order valence-electron chi connectivity index (χ3n) is 5.47. The van der Waals surface area contributed by atoms with Crippen LogP contribution in [0.3, 0.4) is 0 Å². The Morgan fingerprint density at radius 1 is 1.24 bits per heavy atom. The quantitative estimate of drug-likeness (QED) is 0.569. The Morgan fingerprint density at radius 2 is 1.97 bits per heavy atom. The maximum Gasteiger partial charge on any atom is 0.293 e. The molecule has 1 fully saturated rings. The van der Waals surface area contributed by atoms with Gasteiger partial charge in [0.25, 0.3) is 11.6 Å². The van der Waals surface area contributed by atoms with Crippen molar-refractivity contribution in [2.45, 2.75) is 13.8 Å². The van der Waals surface area contributed by atoms with Gasteiger partial charge in [-0.05, 0) is 37.1 Å². The number of nitro groups is 1. The minimum Gasteiger partial charge on any atom is -0.497 e. The highest BCUT2D eigenvalue weighted by molar-refractivity contribution is 5.95. The van der Waals surface area contributed by atoms with E-state index in [2.05, 4.69) is 16.3 Å². The number of amides is 1. The van der Waals surface area contributed by atoms with E-state index in [0.717, 1.165) is 53.6 Å². The van der Waals surface area contributed by atoms with E-state index in [1.165, 1.54) is 6.07 Å². The summed E-state index contributed by atoms with van der Waals surface area (Å²) >= 11 is 0. The lowest BCUT2D eigenvalue weighted by atomic mass is 10.1. The van der Waals surface area contributed by atoms with Crippen LogP contribution in [0.1, 0.15) is 11.1 Å². The summed E-state index contributed by atoms with van der Waals surface area (Å²) in [6, 6.07) is 11.1. The number of aryl methyl sites for hydroxylation is 1. The lowest BCUT2D eigenvalue weighted by Crippen LogP contribution is -3.15. The molecule has 1 aliphatic rings. The van der Waals surface area contributed by atoms with Crippen LogP contribution in [-0.2, 0) is 4.79 Å². The number of hydrogen-bond acceptors (Lipinski definition) is 5. The van der Waals surface area contributed by atoms with Crippen LogP contribution in [-0.4, -0.2) is 50.7 Å². The van der Waals surface area contributed by atoms with Crippen LogP contribution >= 0.6 is 0 Å². The molecule has 0 atom stereocenters. The molecular formula is C21H27N4O4+. The highest BCUT2D eigenvalue weighted by Crippen LogP contribution is 2.30. The number of anilines is 2. The summed E-state index contributed by atoms with van der Waals surface area (Å²) in [5.74, 6) is 0.624. The Hall–Kier alpha value is -3.13. The molecule has 1 heterocycles. The second-order valence-electron chi connectivity index (χ2n) is 7.32. The van der Waals surface area contributed by atoms with Gasteiger partial charge in [-0.25, -0.2) is 0 Å². The predicted molar refractivity (Wildman–Crippen MR) is 112 cm³/mol. The van der Waals surface area contributed by atoms with Gasteiger partial charge in [0.1, 0.15) is 11.4 Å². The molecule has 0 aliphatic carbocycles. The van der Waals surface area contributed by atoms with Gasteiger partial charge >= 0.3 is 0 Å². The normalized spacial score (nSPS) is 14.5. The van der Waals surface area contributed by atoms with Crippen molar-refractivity contribution in [2.24, 2.45) is 0 Å². The van der Waals surface area contributed by atoms with Gasteiger partial charge in [0.2, 0.25) is 0 Å². The molecule has 0 spiro atoms. The van der Waals surface area contributed by atoms with Gasteiger partial charge < -0.3 is 19.9 Å². The van der Waals surface area contributed by atoms with E-state index in [-0.39, 0.29) is 18.1 Å². The summed E-state index contributed by atoms with van der Waals surface area (Å²) in [5, 5.41) is 14.1. The topological polar surface area (TPSA) is 89.2 Å². The minimum absolute atomic E-state index is 0.0701. The van der Waals surface area contributed by atoms with Crippen LogP contribution in [0, 0.1) is 24.0 Å². The zero-order valence-corrected chi connectivity index (χ0v) is 17.0. The van der Waals surface area contributed by atoms with Gasteiger partial charge in [0, 0.05) is 17.8 Å². The molecule has 3 rings (SSSR count). The Morgan fingerprint density at radius 3 is 2.62 bits per heavy atom. The second-order valence-corrected chi connectivity index (χ2v) is 7.32. The largest absolute Gasteiger partial charge is 0.497 e. The van der Waals surface area contributed by atoms with Crippen molar-refractivity contribution in [3.05, 3.63) is 57.6 Å². The zero-order chi connectivity index (χ0) is 21.0. The van der Waals surface area contributed by atoms with E-state index >= 15 is 0 Å². The smallest absolute Gasteiger partial charge is 0.293 e. The molecule has 1 aliphatic heterocycles. The first kappa shape index (κ1) is 20.6. The molecule has 29 heavy (non-hydrogen) atoms. The molecule has 2 N–H and O–H groups in total. The van der Waals surface area contributed by atoms with E-state index in [1.807, 2.05) is 25.1 Å². The van der Waals surface area contributed by atoms with Crippen molar-refractivity contribution in [1.29, 1.82) is 0 Å². The number of nitrogens with one attached hydrogen (secondary N) is 2. The van der Waals surface area contributed by atoms with Gasteiger partial charge in [0.15, 0.2) is 6.54 Å². The van der Waals surface area contributed by atoms with Crippen molar-refractivity contribution in [3.63, 3.8) is 0 Å². The Labute approximate surface area is 170 Å². The number of nitrogens with zero attached hydrogens (tertiary/aromatic N) is 2. The number of rotatable bonds is 6. The third kappa shape index (κ3) is 4.83. The molecule has 0 bridgehead atoms. The molecule has 1 saturated heterocycles. The maximum atomic E-state index is 12.6. The van der Waals surface area contributed by atoms with E-state index in [4.69, 9.17) is 4.74 Å². The second kappa shape index (κ2) is 8.91. The minimum atomic E-state index is -0.457. The first-order valence-corrected chi connectivity index (χ1v) is 9.66. The highest BCUT2D eigenvalue weighted by Gasteiger charge is 2.25. The molecule has 8 heteroatoms. The average molecular weight is 399 g/mol. The van der Waals surface area contributed by atoms with Crippen molar-refractivity contribution < 1.29 is 19.4 Å². The van der Waals surface area contributed by atoms with Crippen LogP contribution in [0.2, 0.25) is 0 Å². The van der Waals surface area contributed by atoms with Gasteiger partial charge in [0.05, 0.1) is 38.2 Å². The Balaban J connectivity index is 1.59. The number of carbonyl (C=O) groups is 1. The molecule has 8 nitrogen and oxygen atoms in total. The Kier molecular flexibility index (Phi) is 6.33. The lowest BCUT2D eigenvalue weighted by Gasteiger charge is -2.33. The van der Waals surface area contributed by atoms with Crippen LogP contribution in [0.25, 0.3) is 0 Å². The molecular weight excluding hydrogens is 372 g/mol. The Bertz CT molecular complexity index is 908. The van der Waals surface area contributed by atoms with Gasteiger partial charge in [-0.15, -0.1) is 0 Å². The summed E-state index contributed by atoms with van der Waals surface area (Å²) in [4.78, 5) is 26.9. The number of methoxy groups -OCH3 is 1. The van der Waals surface area contributed by atoms with Crippen LogP contribution < -0.4 is 19.9 Å². The van der Waals surface area contributed by atoms with Crippen molar-refractivity contribution >= 4 is 23.0 Å². The summed E-state index contributed by atoms with van der Waals surface area (Å²) in [6.45, 7) is 7.25. The molecule has 0 aromatic heterocycles. The van der Waals surface area contributed by atoms with E-state index in [1.54, 1.807) is 20.1 Å². The van der Waals surface area contributed by atoms with E-state index in [0.29, 0.717) is 5.69 Å². The van der Waals surface area contributed by atoms with Gasteiger partial charge in [-0.2, -0.15) is 0 Å². The summed E-state index contributed by atoms with van der Waals surface area (Å²) in [7, 11) is 1.65. The average Bonchev–Trinajstić information content (AvgIpc) is 2.72. The summed E-state index contributed by atoms with van der Waals surface area (Å²) in [6.07, 6.45) is 0. The fourth-order valence-corrected chi connectivity index (χ4v) is 3.59. The number of hydrogen-bond donors (Lipinski definition) is 2.